The van der Waals surface area contributed by atoms with Crippen LogP contribution in [0.15, 0.2) is 83.8 Å². The fraction of sp³-hybridized carbons (Fsp3) is 0.207. The number of amides is 1. The molecule has 4 aromatic rings. The largest absolute Gasteiger partial charge is 0.452 e. The van der Waals surface area contributed by atoms with Crippen LogP contribution in [0.3, 0.4) is 0 Å². The molecule has 0 atom stereocenters. The molecule has 0 radical (unpaired) electrons. The Bertz CT molecular complexity index is 1410. The number of fused-ring (bicyclic) bond motifs is 2. The van der Waals surface area contributed by atoms with Gasteiger partial charge in [-0.1, -0.05) is 60.7 Å². The van der Waals surface area contributed by atoms with E-state index < -0.39 is 5.97 Å². The van der Waals surface area contributed by atoms with Gasteiger partial charge >= 0.3 is 5.97 Å². The number of carbonyl (C=O) groups is 2. The zero-order chi connectivity index (χ0) is 24.9. The van der Waals surface area contributed by atoms with Gasteiger partial charge in [0.2, 0.25) is 0 Å². The number of hydrogen-bond acceptors (Lipinski definition) is 6. The first kappa shape index (κ1) is 24.0. The number of nitrogens with one attached hydrogen (secondary N) is 1. The first-order valence-electron chi connectivity index (χ1n) is 11.9. The Morgan fingerprint density at radius 3 is 2.58 bits per heavy atom. The van der Waals surface area contributed by atoms with Crippen molar-refractivity contribution in [3.8, 4) is 0 Å². The fourth-order valence-electron chi connectivity index (χ4n) is 4.59. The van der Waals surface area contributed by atoms with Gasteiger partial charge in [0.15, 0.2) is 6.61 Å². The number of ether oxygens (including phenoxy) is 1. The van der Waals surface area contributed by atoms with Crippen LogP contribution in [0, 0.1) is 0 Å². The Morgan fingerprint density at radius 2 is 1.75 bits per heavy atom. The Kier molecular flexibility index (Phi) is 7.30. The number of nitrogens with zero attached hydrogens (tertiary/aromatic N) is 2. The van der Waals surface area contributed by atoms with Gasteiger partial charge in [-0.25, -0.2) is 4.79 Å². The number of anilines is 1. The molecule has 0 saturated heterocycles. The second-order valence-electron chi connectivity index (χ2n) is 8.70. The van der Waals surface area contributed by atoms with Crippen LogP contribution in [-0.4, -0.2) is 41.2 Å². The number of aromatic nitrogens is 1. The van der Waals surface area contributed by atoms with E-state index in [9.17, 15) is 9.59 Å². The average molecular weight is 498 g/mol. The number of rotatable bonds is 7. The minimum Gasteiger partial charge on any atom is -0.452 e. The molecule has 0 aliphatic carbocycles. The number of thioether (sulfide) groups is 1. The van der Waals surface area contributed by atoms with E-state index in [1.807, 2.05) is 73.0 Å². The second kappa shape index (κ2) is 10.9. The summed E-state index contributed by atoms with van der Waals surface area (Å²) >= 11 is 1.54. The van der Waals surface area contributed by atoms with Gasteiger partial charge in [0, 0.05) is 47.6 Å². The number of pyridine rings is 1. The summed E-state index contributed by atoms with van der Waals surface area (Å²) in [5, 5.41) is 3.59. The van der Waals surface area contributed by atoms with E-state index in [2.05, 4.69) is 22.3 Å². The van der Waals surface area contributed by atoms with E-state index in [1.54, 1.807) is 11.8 Å². The lowest BCUT2D eigenvalue weighted by Gasteiger charge is -2.30. The van der Waals surface area contributed by atoms with Crippen LogP contribution in [0.2, 0.25) is 0 Å². The zero-order valence-electron chi connectivity index (χ0n) is 20.1. The van der Waals surface area contributed by atoms with Crippen LogP contribution >= 0.6 is 11.8 Å². The zero-order valence-corrected chi connectivity index (χ0v) is 20.9. The van der Waals surface area contributed by atoms with Gasteiger partial charge in [-0.15, -0.1) is 11.8 Å². The van der Waals surface area contributed by atoms with Gasteiger partial charge in [-0.3, -0.25) is 14.7 Å². The third-order valence-electron chi connectivity index (χ3n) is 6.29. The highest BCUT2D eigenvalue weighted by atomic mass is 32.2. The van der Waals surface area contributed by atoms with E-state index in [0.717, 1.165) is 46.6 Å². The van der Waals surface area contributed by atoms with Gasteiger partial charge in [-0.05, 0) is 30.0 Å². The average Bonchev–Trinajstić information content (AvgIpc) is 2.91. The topological polar surface area (TPSA) is 71.5 Å². The van der Waals surface area contributed by atoms with Crippen molar-refractivity contribution >= 4 is 40.2 Å². The Balaban J connectivity index is 1.37. The van der Waals surface area contributed by atoms with E-state index in [0.29, 0.717) is 17.8 Å². The molecule has 0 fully saturated rings. The molecular formula is C29H27N3O3S. The van der Waals surface area contributed by atoms with Crippen LogP contribution in [0.4, 0.5) is 5.69 Å². The highest BCUT2D eigenvalue weighted by Crippen LogP contribution is 2.30. The summed E-state index contributed by atoms with van der Waals surface area (Å²) in [6, 6.07) is 25.5. The fourth-order valence-corrected chi connectivity index (χ4v) is 5.15. The standard InChI is InChI=1S/C29H27N3O3S/c1-36-26-14-8-7-13-25(26)31-27(33)19-35-29(34)28-21-11-5-6-12-23(21)30-24-15-16-32(18-22(24)28)17-20-9-3-2-4-10-20/h2-14H,15-19H2,1H3,(H,31,33). The molecule has 1 aromatic heterocycles. The van der Waals surface area contributed by atoms with E-state index in [1.165, 1.54) is 5.56 Å². The maximum Gasteiger partial charge on any atom is 0.339 e. The highest BCUT2D eigenvalue weighted by molar-refractivity contribution is 7.98. The molecule has 6 nitrogen and oxygen atoms in total. The molecule has 2 heterocycles. The molecule has 3 aromatic carbocycles. The second-order valence-corrected chi connectivity index (χ2v) is 9.55. The monoisotopic (exact) mass is 497 g/mol. The molecule has 1 N–H and O–H groups in total. The van der Waals surface area contributed by atoms with Gasteiger partial charge in [0.1, 0.15) is 0 Å². The summed E-state index contributed by atoms with van der Waals surface area (Å²) in [4.78, 5) is 34.1. The van der Waals surface area contributed by atoms with E-state index in [-0.39, 0.29) is 12.5 Å². The Hall–Kier alpha value is -3.68. The van der Waals surface area contributed by atoms with Crippen molar-refractivity contribution in [2.75, 3.05) is 24.7 Å². The number of esters is 1. The Morgan fingerprint density at radius 1 is 1.00 bits per heavy atom. The lowest BCUT2D eigenvalue weighted by atomic mass is 9.95. The van der Waals surface area contributed by atoms with Crippen molar-refractivity contribution in [2.45, 2.75) is 24.4 Å². The molecule has 0 spiro atoms. The normalized spacial score (nSPS) is 13.2. The number of para-hydroxylation sites is 2. The molecule has 1 amide bonds. The van der Waals surface area contributed by atoms with Crippen LogP contribution < -0.4 is 5.32 Å². The molecule has 0 bridgehead atoms. The predicted molar refractivity (Wildman–Crippen MR) is 143 cm³/mol. The summed E-state index contributed by atoms with van der Waals surface area (Å²) in [7, 11) is 0. The maximum atomic E-state index is 13.4. The Labute approximate surface area is 214 Å². The minimum absolute atomic E-state index is 0.360. The van der Waals surface area contributed by atoms with Gasteiger partial charge in [0.05, 0.1) is 16.8 Å². The van der Waals surface area contributed by atoms with E-state index in [4.69, 9.17) is 9.72 Å². The first-order chi connectivity index (χ1) is 17.6. The molecule has 0 saturated carbocycles. The van der Waals surface area contributed by atoms with Crippen molar-refractivity contribution in [1.82, 2.24) is 9.88 Å². The molecule has 182 valence electrons. The van der Waals surface area contributed by atoms with Crippen molar-refractivity contribution in [2.24, 2.45) is 0 Å². The van der Waals surface area contributed by atoms with Crippen molar-refractivity contribution in [1.29, 1.82) is 0 Å². The molecule has 1 aliphatic heterocycles. The number of hydrogen-bond donors (Lipinski definition) is 1. The molecule has 1 aliphatic rings. The third-order valence-corrected chi connectivity index (χ3v) is 7.09. The molecule has 5 rings (SSSR count). The molecule has 7 heteroatoms. The highest BCUT2D eigenvalue weighted by Gasteiger charge is 2.27. The van der Waals surface area contributed by atoms with Crippen LogP contribution in [0.5, 0.6) is 0 Å². The first-order valence-corrected chi connectivity index (χ1v) is 13.1. The van der Waals surface area contributed by atoms with Crippen molar-refractivity contribution < 1.29 is 14.3 Å². The maximum absolute atomic E-state index is 13.4. The summed E-state index contributed by atoms with van der Waals surface area (Å²) < 4.78 is 5.56. The summed E-state index contributed by atoms with van der Waals surface area (Å²) in [6.45, 7) is 1.89. The number of carbonyl (C=O) groups excluding carboxylic acids is 2. The number of benzene rings is 3. The van der Waals surface area contributed by atoms with Gasteiger partial charge in [-0.2, -0.15) is 0 Å². The van der Waals surface area contributed by atoms with Crippen LogP contribution in [0.1, 0.15) is 27.2 Å². The molecular weight excluding hydrogens is 470 g/mol. The lowest BCUT2D eigenvalue weighted by Crippen LogP contribution is -2.32. The minimum atomic E-state index is -0.500. The molecule has 0 unspecified atom stereocenters. The van der Waals surface area contributed by atoms with E-state index >= 15 is 0 Å². The molecule has 36 heavy (non-hydrogen) atoms. The quantitative estimate of drug-likeness (QED) is 0.276. The summed E-state index contributed by atoms with van der Waals surface area (Å²) in [5.74, 6) is -0.873. The van der Waals surface area contributed by atoms with Crippen molar-refractivity contribution in [3.05, 3.63) is 101 Å². The SMILES string of the molecule is CSc1ccccc1NC(=O)COC(=O)c1c2c(nc3ccccc13)CCN(Cc1ccccc1)C2. The van der Waals surface area contributed by atoms with Crippen LogP contribution in [-0.2, 0) is 29.0 Å². The predicted octanol–water partition coefficient (Wildman–Crippen LogP) is 5.31. The third kappa shape index (κ3) is 5.27. The summed E-state index contributed by atoms with van der Waals surface area (Å²) in [5.41, 5.74) is 5.00. The smallest absolute Gasteiger partial charge is 0.339 e. The summed E-state index contributed by atoms with van der Waals surface area (Å²) in [6.07, 6.45) is 2.70. The van der Waals surface area contributed by atoms with Crippen molar-refractivity contribution in [3.63, 3.8) is 0 Å². The van der Waals surface area contributed by atoms with Gasteiger partial charge < -0.3 is 10.1 Å². The van der Waals surface area contributed by atoms with Crippen LogP contribution in [0.25, 0.3) is 10.9 Å². The van der Waals surface area contributed by atoms with Gasteiger partial charge in [0.25, 0.3) is 5.91 Å². The lowest BCUT2D eigenvalue weighted by molar-refractivity contribution is -0.119.